The van der Waals surface area contributed by atoms with Crippen molar-refractivity contribution in [1.82, 2.24) is 3.97 Å². The van der Waals surface area contributed by atoms with Crippen molar-refractivity contribution in [1.29, 1.82) is 0 Å². The van der Waals surface area contributed by atoms with Crippen molar-refractivity contribution < 1.29 is 19.7 Å². The van der Waals surface area contributed by atoms with E-state index in [1.807, 2.05) is 0 Å². The van der Waals surface area contributed by atoms with Crippen LogP contribution in [0.5, 0.6) is 11.8 Å². The van der Waals surface area contributed by atoms with Crippen molar-refractivity contribution >= 4 is 17.9 Å². The van der Waals surface area contributed by atoms with E-state index in [1.54, 1.807) is 24.3 Å². The van der Waals surface area contributed by atoms with Crippen molar-refractivity contribution in [3.05, 3.63) is 42.0 Å². The quantitative estimate of drug-likeness (QED) is 0.833. The van der Waals surface area contributed by atoms with Crippen LogP contribution in [0.25, 0.3) is 0 Å². The van der Waals surface area contributed by atoms with Gasteiger partial charge in [0.2, 0.25) is 11.8 Å². The summed E-state index contributed by atoms with van der Waals surface area (Å²) in [6.45, 7) is 0. The second-order valence-corrected chi connectivity index (χ2v) is 4.41. The molecule has 0 radical (unpaired) electrons. The lowest BCUT2D eigenvalue weighted by Crippen LogP contribution is -2.03. The van der Waals surface area contributed by atoms with Crippen LogP contribution in [0.15, 0.2) is 41.3 Å². The summed E-state index contributed by atoms with van der Waals surface area (Å²) in [6, 6.07) is 9.52. The second kappa shape index (κ2) is 5.05. The van der Waals surface area contributed by atoms with E-state index in [-0.39, 0.29) is 11.8 Å². The summed E-state index contributed by atoms with van der Waals surface area (Å²) in [6.07, 6.45) is 0. The molecule has 5 nitrogen and oxygen atoms in total. The largest absolute Gasteiger partial charge is 0.494 e. The standard InChI is InChI=1S/C12H11NO4S/c1-17-12(16)8-4-2-3-5-9(8)18-13-10(14)6-7-11(13)15/h2-7,14-15H,1H3. The molecular formula is C12H11NO4S. The maximum absolute atomic E-state index is 11.6. The van der Waals surface area contributed by atoms with E-state index in [0.717, 1.165) is 11.9 Å². The monoisotopic (exact) mass is 265 g/mol. The summed E-state index contributed by atoms with van der Waals surface area (Å²) < 4.78 is 5.88. The number of ether oxygens (including phenoxy) is 1. The number of aromatic hydroxyl groups is 2. The molecule has 2 N–H and O–H groups in total. The number of methoxy groups -OCH3 is 1. The number of hydrogen-bond acceptors (Lipinski definition) is 5. The lowest BCUT2D eigenvalue weighted by Gasteiger charge is -2.09. The molecule has 0 unspecified atom stereocenters. The second-order valence-electron chi connectivity index (χ2n) is 3.42. The summed E-state index contributed by atoms with van der Waals surface area (Å²) >= 11 is 1.03. The average molecular weight is 265 g/mol. The van der Waals surface area contributed by atoms with Gasteiger partial charge in [-0.2, -0.15) is 0 Å². The molecule has 0 fully saturated rings. The molecule has 94 valence electrons. The first kappa shape index (κ1) is 12.4. The first-order valence-corrected chi connectivity index (χ1v) is 5.86. The van der Waals surface area contributed by atoms with Crippen molar-refractivity contribution in [3.8, 4) is 11.8 Å². The van der Waals surface area contributed by atoms with Gasteiger partial charge in [-0.25, -0.2) is 8.77 Å². The van der Waals surface area contributed by atoms with Gasteiger partial charge in [0.05, 0.1) is 12.7 Å². The minimum absolute atomic E-state index is 0.0998. The van der Waals surface area contributed by atoms with Gasteiger partial charge in [0.25, 0.3) is 0 Å². The molecule has 0 amide bonds. The third-order valence-electron chi connectivity index (χ3n) is 2.28. The van der Waals surface area contributed by atoms with Crippen LogP contribution in [0.3, 0.4) is 0 Å². The molecule has 0 bridgehead atoms. The number of nitrogens with zero attached hydrogens (tertiary/aromatic N) is 1. The Morgan fingerprint density at radius 2 is 1.78 bits per heavy atom. The number of esters is 1. The molecule has 0 spiro atoms. The Bertz CT molecular complexity index is 560. The van der Waals surface area contributed by atoms with E-state index < -0.39 is 5.97 Å². The summed E-state index contributed by atoms with van der Waals surface area (Å²) in [5, 5.41) is 19.1. The fourth-order valence-corrected chi connectivity index (χ4v) is 2.31. The number of aromatic nitrogens is 1. The molecular weight excluding hydrogens is 254 g/mol. The molecule has 2 rings (SSSR count). The fraction of sp³-hybridized carbons (Fsp3) is 0.0833. The number of hydrogen-bond donors (Lipinski definition) is 2. The minimum Gasteiger partial charge on any atom is -0.494 e. The summed E-state index contributed by atoms with van der Waals surface area (Å²) in [5.74, 6) is -0.668. The molecule has 6 heteroatoms. The Kier molecular flexibility index (Phi) is 3.47. The number of rotatable bonds is 3. The number of carbonyl (C=O) groups excluding carboxylic acids is 1. The van der Waals surface area contributed by atoms with E-state index in [2.05, 4.69) is 4.74 Å². The van der Waals surface area contributed by atoms with Gasteiger partial charge in [-0.05, 0) is 24.1 Å². The van der Waals surface area contributed by atoms with Crippen LogP contribution in [0.1, 0.15) is 10.4 Å². The zero-order chi connectivity index (χ0) is 13.1. The highest BCUT2D eigenvalue weighted by molar-refractivity contribution is 7.98. The maximum atomic E-state index is 11.6. The van der Waals surface area contributed by atoms with Crippen LogP contribution in [0.2, 0.25) is 0 Å². The van der Waals surface area contributed by atoms with Gasteiger partial charge in [-0.15, -0.1) is 0 Å². The number of carbonyl (C=O) groups is 1. The van der Waals surface area contributed by atoms with E-state index in [9.17, 15) is 15.0 Å². The topological polar surface area (TPSA) is 71.7 Å². The minimum atomic E-state index is -0.468. The molecule has 1 aromatic heterocycles. The van der Waals surface area contributed by atoms with E-state index in [4.69, 9.17) is 0 Å². The third-order valence-corrected chi connectivity index (χ3v) is 3.39. The van der Waals surface area contributed by atoms with Gasteiger partial charge < -0.3 is 14.9 Å². The Hall–Kier alpha value is -2.08. The SMILES string of the molecule is COC(=O)c1ccccc1Sn1c(O)ccc1O. The highest BCUT2D eigenvalue weighted by atomic mass is 32.2. The Balaban J connectivity index is 2.38. The lowest BCUT2D eigenvalue weighted by molar-refractivity contribution is 0.0596. The van der Waals surface area contributed by atoms with Crippen LogP contribution < -0.4 is 0 Å². The van der Waals surface area contributed by atoms with Crippen molar-refractivity contribution in [2.24, 2.45) is 0 Å². The molecule has 0 saturated heterocycles. The predicted molar refractivity (Wildman–Crippen MR) is 66.8 cm³/mol. The number of benzene rings is 1. The van der Waals surface area contributed by atoms with Gasteiger partial charge in [-0.3, -0.25) is 0 Å². The normalized spacial score (nSPS) is 10.3. The maximum Gasteiger partial charge on any atom is 0.339 e. The zero-order valence-corrected chi connectivity index (χ0v) is 10.3. The highest BCUT2D eigenvalue weighted by Crippen LogP contribution is 2.33. The molecule has 18 heavy (non-hydrogen) atoms. The summed E-state index contributed by atoms with van der Waals surface area (Å²) in [5.41, 5.74) is 0.373. The molecule has 0 aliphatic heterocycles. The highest BCUT2D eigenvalue weighted by Gasteiger charge is 2.15. The Labute approximate surface area is 108 Å². The zero-order valence-electron chi connectivity index (χ0n) is 9.53. The molecule has 0 atom stereocenters. The van der Waals surface area contributed by atoms with Crippen LogP contribution in [0, 0.1) is 0 Å². The smallest absolute Gasteiger partial charge is 0.339 e. The third kappa shape index (κ3) is 2.28. The van der Waals surface area contributed by atoms with Gasteiger partial charge in [0.15, 0.2) is 0 Å². The lowest BCUT2D eigenvalue weighted by atomic mass is 10.2. The Morgan fingerprint density at radius 3 is 2.39 bits per heavy atom. The Morgan fingerprint density at radius 1 is 1.17 bits per heavy atom. The van der Waals surface area contributed by atoms with Crippen molar-refractivity contribution in [2.45, 2.75) is 4.90 Å². The van der Waals surface area contributed by atoms with Gasteiger partial charge in [-0.1, -0.05) is 12.1 Å². The van der Waals surface area contributed by atoms with Gasteiger partial charge in [0.1, 0.15) is 0 Å². The first-order chi connectivity index (χ1) is 8.63. The van der Waals surface area contributed by atoms with Crippen LogP contribution >= 0.6 is 11.9 Å². The molecule has 0 saturated carbocycles. The van der Waals surface area contributed by atoms with E-state index in [0.29, 0.717) is 10.5 Å². The van der Waals surface area contributed by atoms with Crippen molar-refractivity contribution in [3.63, 3.8) is 0 Å². The van der Waals surface area contributed by atoms with Crippen molar-refractivity contribution in [2.75, 3.05) is 7.11 Å². The predicted octanol–water partition coefficient (Wildman–Crippen LogP) is 2.24. The van der Waals surface area contributed by atoms with Crippen LogP contribution in [-0.4, -0.2) is 27.3 Å². The summed E-state index contributed by atoms with van der Waals surface area (Å²) in [4.78, 5) is 12.1. The summed E-state index contributed by atoms with van der Waals surface area (Å²) in [7, 11) is 1.30. The van der Waals surface area contributed by atoms with Crippen LogP contribution in [-0.2, 0) is 4.74 Å². The van der Waals surface area contributed by atoms with E-state index in [1.165, 1.54) is 23.2 Å². The molecule has 1 heterocycles. The average Bonchev–Trinajstić information content (AvgIpc) is 2.70. The van der Waals surface area contributed by atoms with Gasteiger partial charge in [0, 0.05) is 17.0 Å². The molecule has 1 aromatic carbocycles. The first-order valence-electron chi connectivity index (χ1n) is 5.09. The molecule has 2 aromatic rings. The fourth-order valence-electron chi connectivity index (χ4n) is 1.42. The van der Waals surface area contributed by atoms with E-state index >= 15 is 0 Å². The van der Waals surface area contributed by atoms with Gasteiger partial charge >= 0.3 is 5.97 Å². The van der Waals surface area contributed by atoms with Crippen LogP contribution in [0.4, 0.5) is 0 Å². The molecule has 0 aliphatic carbocycles. The molecule has 0 aliphatic rings.